The summed E-state index contributed by atoms with van der Waals surface area (Å²) in [6.07, 6.45) is 35.5. The van der Waals surface area contributed by atoms with Gasteiger partial charge in [0.1, 0.15) is 22.8 Å². The molecule has 6 nitrogen and oxygen atoms in total. The summed E-state index contributed by atoms with van der Waals surface area (Å²) >= 11 is 0. The quantitative estimate of drug-likeness (QED) is 0.203. The Bertz CT molecular complexity index is 1670. The summed E-state index contributed by atoms with van der Waals surface area (Å²) in [5, 5.41) is 0. The van der Waals surface area contributed by atoms with E-state index >= 15 is 0 Å². The van der Waals surface area contributed by atoms with Crippen LogP contribution in [-0.4, -0.2) is 34.7 Å². The lowest BCUT2D eigenvalue weighted by Gasteiger charge is -2.62. The Morgan fingerprint density at radius 2 is 0.773 bits per heavy atom. The van der Waals surface area contributed by atoms with Crippen LogP contribution in [0.2, 0.25) is 0 Å². The van der Waals surface area contributed by atoms with Crippen molar-refractivity contribution < 1.29 is 28.7 Å². The van der Waals surface area contributed by atoms with Crippen molar-refractivity contribution in [3.05, 3.63) is 0 Å². The molecule has 0 heterocycles. The highest BCUT2D eigenvalue weighted by Crippen LogP contribution is 2.70. The van der Waals surface area contributed by atoms with E-state index in [9.17, 15) is 19.2 Å². The third kappa shape index (κ3) is 9.10. The fraction of sp³-hybridized carbons (Fsp3) is 0.933. The largest absolute Gasteiger partial charge is 0.459 e. The zero-order valence-electron chi connectivity index (χ0n) is 43.6. The Kier molecular flexibility index (Phi) is 14.0. The number of rotatable bonds is 10. The van der Waals surface area contributed by atoms with Gasteiger partial charge in [-0.1, -0.05) is 79.1 Å². The van der Waals surface area contributed by atoms with Crippen molar-refractivity contribution in [2.24, 2.45) is 92.7 Å². The van der Waals surface area contributed by atoms with Crippen LogP contribution in [0, 0.1) is 92.7 Å². The second-order valence-corrected chi connectivity index (χ2v) is 27.5. The predicted octanol–water partition coefficient (Wildman–Crippen LogP) is 15.0. The van der Waals surface area contributed by atoms with Gasteiger partial charge in [0.05, 0.1) is 0 Å². The molecule has 10 rings (SSSR count). The Balaban J connectivity index is 0.000000166. The standard InChI is InChI=1S/2C30H48O3/c2*1-20(31)24-12-13-25-23-11-10-22-19-28(2,33-27(32)14-9-21-7-5-6-8-21)17-18-29(22,3)26(23)15-16-30(24,25)4/h2*21-26H,5-19H2,1-4H3/t2*22-,23-,24+,25-,26-,28+,29-,30+/m00/s1. The first-order valence-electron chi connectivity index (χ1n) is 28.7. The number of carbonyl (C=O) groups excluding carboxylic acids is 4. The predicted molar refractivity (Wildman–Crippen MR) is 263 cm³/mol. The summed E-state index contributed by atoms with van der Waals surface area (Å²) in [4.78, 5) is 50.3. The minimum absolute atomic E-state index is 0.0522. The third-order valence-electron chi connectivity index (χ3n) is 24.0. The van der Waals surface area contributed by atoms with E-state index in [2.05, 4.69) is 41.5 Å². The van der Waals surface area contributed by atoms with E-state index in [1.807, 2.05) is 13.8 Å². The number of esters is 2. The summed E-state index contributed by atoms with van der Waals surface area (Å²) in [7, 11) is 0. The fourth-order valence-electron chi connectivity index (χ4n) is 20.2. The van der Waals surface area contributed by atoms with Gasteiger partial charge in [-0.3, -0.25) is 19.2 Å². The molecule has 0 bridgehead atoms. The van der Waals surface area contributed by atoms with Crippen molar-refractivity contribution in [2.45, 2.75) is 259 Å². The van der Waals surface area contributed by atoms with Gasteiger partial charge in [-0.05, 0) is 237 Å². The first kappa shape index (κ1) is 49.3. The first-order chi connectivity index (χ1) is 31.3. The summed E-state index contributed by atoms with van der Waals surface area (Å²) < 4.78 is 12.4. The maximum absolute atomic E-state index is 12.7. The van der Waals surface area contributed by atoms with Crippen molar-refractivity contribution in [2.75, 3.05) is 0 Å². The van der Waals surface area contributed by atoms with Gasteiger partial charge in [0.15, 0.2) is 0 Å². The third-order valence-corrected chi connectivity index (χ3v) is 24.0. The Morgan fingerprint density at radius 3 is 1.14 bits per heavy atom. The molecule has 0 unspecified atom stereocenters. The number of carbonyl (C=O) groups is 4. The zero-order valence-corrected chi connectivity index (χ0v) is 43.6. The van der Waals surface area contributed by atoms with Gasteiger partial charge < -0.3 is 9.47 Å². The average molecular weight is 913 g/mol. The van der Waals surface area contributed by atoms with Crippen LogP contribution in [0.4, 0.5) is 0 Å². The number of ketones is 2. The van der Waals surface area contributed by atoms with Crippen LogP contribution in [0.1, 0.15) is 248 Å². The highest BCUT2D eigenvalue weighted by atomic mass is 16.6. The molecule has 372 valence electrons. The lowest BCUT2D eigenvalue weighted by molar-refractivity contribution is -0.181. The van der Waals surface area contributed by atoms with Gasteiger partial charge >= 0.3 is 11.9 Å². The van der Waals surface area contributed by atoms with Crippen LogP contribution in [-0.2, 0) is 28.7 Å². The minimum atomic E-state index is -0.264. The van der Waals surface area contributed by atoms with E-state index in [0.29, 0.717) is 58.9 Å². The van der Waals surface area contributed by atoms with Crippen LogP contribution >= 0.6 is 0 Å². The second kappa shape index (κ2) is 18.8. The lowest BCUT2D eigenvalue weighted by atomic mass is 9.44. The molecular formula is C60H96O6. The summed E-state index contributed by atoms with van der Waals surface area (Å²) in [5.41, 5.74) is 0.727. The Morgan fingerprint density at radius 1 is 0.409 bits per heavy atom. The number of ether oxygens (including phenoxy) is 2. The summed E-state index contributed by atoms with van der Waals surface area (Å²) in [6.45, 7) is 18.2. The Labute approximate surface area is 402 Å². The first-order valence-corrected chi connectivity index (χ1v) is 28.7. The fourth-order valence-corrected chi connectivity index (χ4v) is 20.2. The molecule has 0 aromatic heterocycles. The molecule has 0 N–H and O–H groups in total. The molecule has 0 aliphatic heterocycles. The number of Topliss-reactive ketones (excluding diaryl/α,β-unsaturated/α-hetero) is 2. The van der Waals surface area contributed by atoms with E-state index in [1.54, 1.807) is 0 Å². The molecule has 6 heteroatoms. The van der Waals surface area contributed by atoms with Gasteiger partial charge in [0.25, 0.3) is 0 Å². The maximum atomic E-state index is 12.7. The molecule has 0 aromatic rings. The van der Waals surface area contributed by atoms with Gasteiger partial charge in [-0.2, -0.15) is 0 Å². The van der Waals surface area contributed by atoms with E-state index in [0.717, 1.165) is 98.7 Å². The van der Waals surface area contributed by atoms with Gasteiger partial charge in [0.2, 0.25) is 0 Å². The molecule has 10 saturated carbocycles. The molecule has 0 spiro atoms. The van der Waals surface area contributed by atoms with Gasteiger partial charge in [-0.25, -0.2) is 0 Å². The van der Waals surface area contributed by atoms with Crippen molar-refractivity contribution >= 4 is 23.5 Å². The average Bonchev–Trinajstić information content (AvgIpc) is 4.10. The van der Waals surface area contributed by atoms with Crippen LogP contribution < -0.4 is 0 Å². The number of fused-ring (bicyclic) bond motifs is 10. The highest BCUT2D eigenvalue weighted by Gasteiger charge is 2.64. The van der Waals surface area contributed by atoms with Crippen LogP contribution in [0.25, 0.3) is 0 Å². The molecule has 0 saturated heterocycles. The summed E-state index contributed by atoms with van der Waals surface area (Å²) in [6, 6.07) is 0. The minimum Gasteiger partial charge on any atom is -0.459 e. The van der Waals surface area contributed by atoms with Crippen molar-refractivity contribution in [3.8, 4) is 0 Å². The van der Waals surface area contributed by atoms with Crippen LogP contribution in [0.15, 0.2) is 0 Å². The van der Waals surface area contributed by atoms with Crippen molar-refractivity contribution in [3.63, 3.8) is 0 Å². The number of hydrogen-bond acceptors (Lipinski definition) is 6. The van der Waals surface area contributed by atoms with Crippen LogP contribution in [0.3, 0.4) is 0 Å². The number of hydrogen-bond donors (Lipinski definition) is 0. The van der Waals surface area contributed by atoms with Gasteiger partial charge in [0, 0.05) is 24.7 Å². The summed E-state index contributed by atoms with van der Waals surface area (Å²) in [5.74, 6) is 9.09. The maximum Gasteiger partial charge on any atom is 0.306 e. The molecule has 66 heavy (non-hydrogen) atoms. The molecule has 0 aromatic carbocycles. The zero-order chi connectivity index (χ0) is 46.9. The van der Waals surface area contributed by atoms with E-state index in [1.165, 1.54) is 128 Å². The SMILES string of the molecule is CC(=O)[C@H]1CC[C@H]2[C@@H]3CC[C@H]4C[C@](C)(OC(=O)CCC5CCCC5)CC[C@]4(C)[C@H]3CC[C@]12C.CC(=O)[C@H]1CC[C@H]2[C@@H]3CC[C@H]4C[C@](C)(OC(=O)CCC5CCCC5)CC[C@]4(C)[C@H]3CC[C@]12C. The van der Waals surface area contributed by atoms with E-state index in [4.69, 9.17) is 9.47 Å². The Hall–Kier alpha value is -1.72. The molecular weight excluding hydrogens is 817 g/mol. The second-order valence-electron chi connectivity index (χ2n) is 27.5. The molecule has 10 fully saturated rings. The van der Waals surface area contributed by atoms with Crippen LogP contribution in [0.5, 0.6) is 0 Å². The van der Waals surface area contributed by atoms with Gasteiger partial charge in [-0.15, -0.1) is 0 Å². The smallest absolute Gasteiger partial charge is 0.306 e. The molecule has 16 atom stereocenters. The molecule has 0 amide bonds. The van der Waals surface area contributed by atoms with Crippen molar-refractivity contribution in [1.82, 2.24) is 0 Å². The van der Waals surface area contributed by atoms with Crippen molar-refractivity contribution in [1.29, 1.82) is 0 Å². The molecule has 10 aliphatic carbocycles. The molecule has 10 aliphatic rings. The highest BCUT2D eigenvalue weighted by molar-refractivity contribution is 5.80. The molecule has 0 radical (unpaired) electrons. The van der Waals surface area contributed by atoms with E-state index in [-0.39, 0.29) is 34.0 Å². The topological polar surface area (TPSA) is 86.7 Å². The monoisotopic (exact) mass is 913 g/mol. The lowest BCUT2D eigenvalue weighted by Crippen LogP contribution is -2.56. The normalized spacial score (nSPS) is 47.5. The van der Waals surface area contributed by atoms with E-state index < -0.39 is 0 Å².